The molecule has 0 amide bonds. The Morgan fingerprint density at radius 3 is 2.50 bits per heavy atom. The highest BCUT2D eigenvalue weighted by Gasteiger charge is 2.14. The third kappa shape index (κ3) is 3.03. The Morgan fingerprint density at radius 2 is 1.88 bits per heavy atom. The van der Waals surface area contributed by atoms with Gasteiger partial charge in [-0.3, -0.25) is 0 Å². The second kappa shape index (κ2) is 5.07. The number of anilines is 2. The van der Waals surface area contributed by atoms with Crippen LogP contribution in [0, 0.1) is 0 Å². The molecule has 88 valence electrons. The fourth-order valence-electron chi connectivity index (χ4n) is 1.89. The van der Waals surface area contributed by atoms with Crippen LogP contribution in [0.4, 0.5) is 11.9 Å². The fraction of sp³-hybridized carbons (Fsp3) is 0.700. The molecule has 1 aliphatic heterocycles. The molecule has 1 fully saturated rings. The van der Waals surface area contributed by atoms with Gasteiger partial charge in [-0.2, -0.15) is 15.0 Å². The monoisotopic (exact) mass is 223 g/mol. The van der Waals surface area contributed by atoms with Gasteiger partial charge in [0.25, 0.3) is 0 Å². The van der Waals surface area contributed by atoms with Gasteiger partial charge in [-0.25, -0.2) is 0 Å². The molecule has 1 aliphatic rings. The largest absolute Gasteiger partial charge is 0.378 e. The lowest BCUT2D eigenvalue weighted by Crippen LogP contribution is -2.20. The van der Waals surface area contributed by atoms with Gasteiger partial charge < -0.3 is 16.2 Å². The minimum atomic E-state index is 0.187. The Labute approximate surface area is 94.4 Å². The molecule has 6 heteroatoms. The maximum Gasteiger partial charge on any atom is 0.225 e. The van der Waals surface area contributed by atoms with Crippen molar-refractivity contribution in [3.05, 3.63) is 5.82 Å². The first-order valence-electron chi connectivity index (χ1n) is 5.61. The molecule has 0 aromatic carbocycles. The highest BCUT2D eigenvalue weighted by molar-refractivity contribution is 5.25. The summed E-state index contributed by atoms with van der Waals surface area (Å²) in [4.78, 5) is 11.8. The third-order valence-electron chi connectivity index (χ3n) is 2.68. The summed E-state index contributed by atoms with van der Waals surface area (Å²) in [6.45, 7) is 0.867. The number of hydrogen-bond acceptors (Lipinski definition) is 6. The van der Waals surface area contributed by atoms with Gasteiger partial charge in [-0.1, -0.05) is 0 Å². The first-order chi connectivity index (χ1) is 7.74. The average Bonchev–Trinajstić information content (AvgIpc) is 2.27. The van der Waals surface area contributed by atoms with Gasteiger partial charge >= 0.3 is 0 Å². The summed E-state index contributed by atoms with van der Waals surface area (Å²) in [5.74, 6) is 1.03. The third-order valence-corrected chi connectivity index (χ3v) is 2.68. The van der Waals surface area contributed by atoms with Crippen molar-refractivity contribution >= 4 is 11.9 Å². The number of nitrogen functional groups attached to an aromatic ring is 2. The fourth-order valence-corrected chi connectivity index (χ4v) is 1.89. The lowest BCUT2D eigenvalue weighted by atomic mass is 10.0. The van der Waals surface area contributed by atoms with Crippen molar-refractivity contribution in [2.24, 2.45) is 0 Å². The summed E-state index contributed by atoms with van der Waals surface area (Å²) in [6, 6.07) is 0. The van der Waals surface area contributed by atoms with E-state index in [0.29, 0.717) is 11.9 Å². The van der Waals surface area contributed by atoms with Crippen molar-refractivity contribution in [1.82, 2.24) is 15.0 Å². The molecule has 1 aromatic rings. The Bertz CT molecular complexity index is 331. The van der Waals surface area contributed by atoms with Crippen LogP contribution in [0.25, 0.3) is 0 Å². The van der Waals surface area contributed by atoms with Crippen LogP contribution in [0.15, 0.2) is 0 Å². The lowest BCUT2D eigenvalue weighted by molar-refractivity contribution is 0.0112. The number of nitrogens with zero attached hydrogens (tertiary/aromatic N) is 3. The molecule has 16 heavy (non-hydrogen) atoms. The maximum absolute atomic E-state index is 5.63. The van der Waals surface area contributed by atoms with E-state index in [4.69, 9.17) is 16.2 Å². The Morgan fingerprint density at radius 1 is 1.12 bits per heavy atom. The van der Waals surface area contributed by atoms with Crippen molar-refractivity contribution in [3.63, 3.8) is 0 Å². The number of hydrogen-bond donors (Lipinski definition) is 2. The summed E-state index contributed by atoms with van der Waals surface area (Å²) >= 11 is 0. The number of nitrogens with two attached hydrogens (primary N) is 2. The highest BCUT2D eigenvalue weighted by atomic mass is 16.5. The molecule has 1 aromatic heterocycles. The zero-order chi connectivity index (χ0) is 11.4. The van der Waals surface area contributed by atoms with Crippen molar-refractivity contribution in [2.45, 2.75) is 38.2 Å². The van der Waals surface area contributed by atoms with Gasteiger partial charge in [0.15, 0.2) is 0 Å². The predicted molar refractivity (Wildman–Crippen MR) is 60.6 cm³/mol. The van der Waals surface area contributed by atoms with E-state index in [1.54, 1.807) is 0 Å². The molecule has 2 rings (SSSR count). The lowest BCUT2D eigenvalue weighted by Gasteiger charge is -2.22. The van der Waals surface area contributed by atoms with Crippen molar-refractivity contribution in [2.75, 3.05) is 18.1 Å². The number of ether oxygens (including phenoxy) is 1. The topological polar surface area (TPSA) is 99.9 Å². The minimum absolute atomic E-state index is 0.187. The van der Waals surface area contributed by atoms with Gasteiger partial charge in [0.2, 0.25) is 11.9 Å². The smallest absolute Gasteiger partial charge is 0.225 e. The van der Waals surface area contributed by atoms with Crippen LogP contribution < -0.4 is 11.5 Å². The molecule has 1 atom stereocenters. The number of aromatic nitrogens is 3. The van der Waals surface area contributed by atoms with E-state index in [0.717, 1.165) is 25.9 Å². The normalized spacial score (nSPS) is 20.9. The zero-order valence-corrected chi connectivity index (χ0v) is 9.22. The van der Waals surface area contributed by atoms with Crippen LogP contribution in [0.3, 0.4) is 0 Å². The quantitative estimate of drug-likeness (QED) is 0.775. The van der Waals surface area contributed by atoms with Crippen molar-refractivity contribution in [1.29, 1.82) is 0 Å². The first kappa shape index (κ1) is 11.1. The van der Waals surface area contributed by atoms with Gasteiger partial charge in [-0.15, -0.1) is 0 Å². The van der Waals surface area contributed by atoms with E-state index in [9.17, 15) is 0 Å². The van der Waals surface area contributed by atoms with E-state index in [-0.39, 0.29) is 11.9 Å². The summed E-state index contributed by atoms with van der Waals surface area (Å²) in [6.07, 6.45) is 5.52. The van der Waals surface area contributed by atoms with Crippen LogP contribution >= 0.6 is 0 Å². The summed E-state index contributed by atoms with van der Waals surface area (Å²) in [5.41, 5.74) is 11.0. The van der Waals surface area contributed by atoms with E-state index in [1.807, 2.05) is 0 Å². The van der Waals surface area contributed by atoms with E-state index in [1.165, 1.54) is 12.8 Å². The molecule has 1 unspecified atom stereocenters. The van der Waals surface area contributed by atoms with Gasteiger partial charge in [0.05, 0.1) is 6.10 Å². The second-order valence-electron chi connectivity index (χ2n) is 4.00. The molecule has 1 saturated heterocycles. The zero-order valence-electron chi connectivity index (χ0n) is 9.22. The molecule has 4 N–H and O–H groups in total. The van der Waals surface area contributed by atoms with E-state index < -0.39 is 0 Å². The summed E-state index contributed by atoms with van der Waals surface area (Å²) in [5, 5.41) is 0. The standard InChI is InChI=1S/C10H17N5O/c11-9-13-8(14-10(12)15-9)5-4-7-3-1-2-6-16-7/h7H,1-6H2,(H4,11,12,13,14,15). The van der Waals surface area contributed by atoms with E-state index in [2.05, 4.69) is 15.0 Å². The van der Waals surface area contributed by atoms with Crippen LogP contribution in [-0.4, -0.2) is 27.7 Å². The Kier molecular flexibility index (Phi) is 3.51. The van der Waals surface area contributed by atoms with Crippen LogP contribution in [-0.2, 0) is 11.2 Å². The van der Waals surface area contributed by atoms with Crippen LogP contribution in [0.2, 0.25) is 0 Å². The number of aryl methyl sites for hydroxylation is 1. The second-order valence-corrected chi connectivity index (χ2v) is 4.00. The number of rotatable bonds is 3. The van der Waals surface area contributed by atoms with Crippen LogP contribution in [0.1, 0.15) is 31.5 Å². The molecule has 0 bridgehead atoms. The van der Waals surface area contributed by atoms with E-state index >= 15 is 0 Å². The average molecular weight is 223 g/mol. The van der Waals surface area contributed by atoms with Gasteiger partial charge in [0.1, 0.15) is 5.82 Å². The molecule has 6 nitrogen and oxygen atoms in total. The van der Waals surface area contributed by atoms with Crippen molar-refractivity contribution in [3.8, 4) is 0 Å². The molecule has 0 saturated carbocycles. The predicted octanol–water partition coefficient (Wildman–Crippen LogP) is 0.538. The first-order valence-corrected chi connectivity index (χ1v) is 5.61. The minimum Gasteiger partial charge on any atom is -0.378 e. The molecule has 0 radical (unpaired) electrons. The molecule has 0 aliphatic carbocycles. The molecule has 0 spiro atoms. The summed E-state index contributed by atoms with van der Waals surface area (Å²) in [7, 11) is 0. The highest BCUT2D eigenvalue weighted by Crippen LogP contribution is 2.17. The van der Waals surface area contributed by atoms with Gasteiger partial charge in [-0.05, 0) is 25.7 Å². The maximum atomic E-state index is 5.63. The molecular formula is C10H17N5O. The van der Waals surface area contributed by atoms with Crippen LogP contribution in [0.5, 0.6) is 0 Å². The SMILES string of the molecule is Nc1nc(N)nc(CCC2CCCCO2)n1. The Hall–Kier alpha value is -1.43. The molecular weight excluding hydrogens is 206 g/mol. The Balaban J connectivity index is 1.88. The van der Waals surface area contributed by atoms with Crippen molar-refractivity contribution < 1.29 is 4.74 Å². The molecule has 2 heterocycles. The van der Waals surface area contributed by atoms with Gasteiger partial charge in [0, 0.05) is 13.0 Å². The summed E-state index contributed by atoms with van der Waals surface area (Å²) < 4.78 is 5.63.